The highest BCUT2D eigenvalue weighted by Crippen LogP contribution is 2.37. The predicted molar refractivity (Wildman–Crippen MR) is 140 cm³/mol. The van der Waals surface area contributed by atoms with Gasteiger partial charge in [0, 0.05) is 28.8 Å². The number of aryl methyl sites for hydroxylation is 1. The van der Waals surface area contributed by atoms with Crippen LogP contribution in [0.4, 0.5) is 5.69 Å². The van der Waals surface area contributed by atoms with Crippen molar-refractivity contribution in [1.82, 2.24) is 4.57 Å². The predicted octanol–water partition coefficient (Wildman–Crippen LogP) is 5.38. The molecule has 2 aromatic carbocycles. The molecule has 7 heteroatoms. The number of esters is 1. The molecule has 0 spiro atoms. The van der Waals surface area contributed by atoms with Gasteiger partial charge in [-0.3, -0.25) is 9.69 Å². The van der Waals surface area contributed by atoms with Gasteiger partial charge in [-0.1, -0.05) is 6.07 Å². The fraction of sp³-hybridized carbons (Fsp3) is 0.241. The number of rotatable bonds is 7. The minimum atomic E-state index is -0.558. The second-order valence-electron chi connectivity index (χ2n) is 8.44. The van der Waals surface area contributed by atoms with Crippen molar-refractivity contribution in [2.45, 2.75) is 27.7 Å². The molecule has 2 heterocycles. The van der Waals surface area contributed by atoms with Crippen LogP contribution in [0.3, 0.4) is 0 Å². The molecule has 4 rings (SSSR count). The van der Waals surface area contributed by atoms with Crippen LogP contribution in [-0.4, -0.2) is 37.3 Å². The number of anilines is 1. The summed E-state index contributed by atoms with van der Waals surface area (Å²) in [5.74, 6) is 0.567. The Labute approximate surface area is 211 Å². The molecule has 0 saturated carbocycles. The number of nitrogens with zero attached hydrogens (tertiary/aromatic N) is 2. The quantitative estimate of drug-likeness (QED) is 0.331. The minimum absolute atomic E-state index is 0.246. The third-order valence-corrected chi connectivity index (χ3v) is 6.28. The van der Waals surface area contributed by atoms with Crippen LogP contribution < -0.4 is 14.4 Å². The van der Waals surface area contributed by atoms with E-state index in [2.05, 4.69) is 4.57 Å². The summed E-state index contributed by atoms with van der Waals surface area (Å²) in [6, 6.07) is 17.0. The molecule has 0 fully saturated rings. The number of hydrogen-bond donors (Lipinski definition) is 0. The van der Waals surface area contributed by atoms with E-state index >= 15 is 0 Å². The van der Waals surface area contributed by atoms with E-state index < -0.39 is 5.97 Å². The number of methoxy groups -OCH3 is 2. The Balaban J connectivity index is 1.79. The Hall–Kier alpha value is -4.26. The van der Waals surface area contributed by atoms with E-state index in [9.17, 15) is 9.59 Å². The van der Waals surface area contributed by atoms with E-state index in [0.717, 1.165) is 28.4 Å². The highest BCUT2D eigenvalue weighted by Gasteiger charge is 2.38. The molecule has 1 amide bonds. The number of amides is 1. The van der Waals surface area contributed by atoms with Crippen LogP contribution in [0.15, 0.2) is 71.4 Å². The van der Waals surface area contributed by atoms with Crippen molar-refractivity contribution in [2.24, 2.45) is 0 Å². The topological polar surface area (TPSA) is 70.0 Å². The number of benzene rings is 2. The van der Waals surface area contributed by atoms with Gasteiger partial charge in [-0.25, -0.2) is 4.79 Å². The summed E-state index contributed by atoms with van der Waals surface area (Å²) in [6.45, 7) is 8.30. The molecule has 186 valence electrons. The standard InChI is InChI=1S/C29H30N2O5/c1-7-36-24-13-11-22(12-14-24)30-18(2)15-21(19(30)3)16-26-27(29(33)35-6)20(4)31(28(26)32)23-9-8-10-25(17-23)34-5/h8-17H,7H2,1-6H3/b26-16-. The van der Waals surface area contributed by atoms with Crippen LogP contribution in [0, 0.1) is 13.8 Å². The number of aromatic nitrogens is 1. The van der Waals surface area contributed by atoms with Crippen LogP contribution in [0.5, 0.6) is 11.5 Å². The molecule has 36 heavy (non-hydrogen) atoms. The van der Waals surface area contributed by atoms with Crippen molar-refractivity contribution in [1.29, 1.82) is 0 Å². The van der Waals surface area contributed by atoms with E-state index in [4.69, 9.17) is 14.2 Å². The van der Waals surface area contributed by atoms with Crippen LogP contribution >= 0.6 is 0 Å². The summed E-state index contributed by atoms with van der Waals surface area (Å²) in [6.07, 6.45) is 1.77. The maximum atomic E-state index is 13.7. The van der Waals surface area contributed by atoms with Gasteiger partial charge in [0.05, 0.1) is 37.7 Å². The minimum Gasteiger partial charge on any atom is -0.497 e. The van der Waals surface area contributed by atoms with Crippen molar-refractivity contribution in [3.05, 3.63) is 88.4 Å². The van der Waals surface area contributed by atoms with E-state index in [-0.39, 0.29) is 17.1 Å². The van der Waals surface area contributed by atoms with E-state index in [1.54, 1.807) is 44.4 Å². The first-order valence-electron chi connectivity index (χ1n) is 11.7. The Morgan fingerprint density at radius 3 is 2.31 bits per heavy atom. The van der Waals surface area contributed by atoms with E-state index in [0.29, 0.717) is 23.7 Å². The third kappa shape index (κ3) is 4.40. The first kappa shape index (κ1) is 24.9. The molecule has 1 aromatic heterocycles. The van der Waals surface area contributed by atoms with Crippen LogP contribution in [0.25, 0.3) is 11.8 Å². The van der Waals surface area contributed by atoms with Gasteiger partial charge in [-0.2, -0.15) is 0 Å². The Kier molecular flexibility index (Phi) is 7.01. The maximum Gasteiger partial charge on any atom is 0.340 e. The molecule has 1 aliphatic rings. The summed E-state index contributed by atoms with van der Waals surface area (Å²) in [5, 5.41) is 0. The lowest BCUT2D eigenvalue weighted by atomic mass is 10.0. The first-order chi connectivity index (χ1) is 17.3. The summed E-state index contributed by atoms with van der Waals surface area (Å²) in [5.41, 5.74) is 5.41. The molecule has 0 N–H and O–H groups in total. The van der Waals surface area contributed by atoms with Gasteiger partial charge in [-0.15, -0.1) is 0 Å². The van der Waals surface area contributed by atoms with E-state index in [1.165, 1.54) is 12.0 Å². The second kappa shape index (κ2) is 10.2. The summed E-state index contributed by atoms with van der Waals surface area (Å²) >= 11 is 0. The first-order valence-corrected chi connectivity index (χ1v) is 11.7. The SMILES string of the molecule is CCOc1ccc(-n2c(C)cc(/C=C3\C(=O)N(c4cccc(OC)c4)C(C)=C3C(=O)OC)c2C)cc1. The highest BCUT2D eigenvalue weighted by atomic mass is 16.5. The number of ether oxygens (including phenoxy) is 3. The van der Waals surface area contributed by atoms with Gasteiger partial charge >= 0.3 is 5.97 Å². The molecule has 0 aliphatic carbocycles. The molecule has 3 aromatic rings. The summed E-state index contributed by atoms with van der Waals surface area (Å²) in [4.78, 5) is 28.0. The summed E-state index contributed by atoms with van der Waals surface area (Å²) < 4.78 is 18.0. The smallest absolute Gasteiger partial charge is 0.340 e. The number of allylic oxidation sites excluding steroid dienone is 1. The van der Waals surface area contributed by atoms with Gasteiger partial charge in [0.15, 0.2) is 0 Å². The normalized spacial score (nSPS) is 14.6. The van der Waals surface area contributed by atoms with Crippen LogP contribution in [0.1, 0.15) is 30.8 Å². The molecule has 0 unspecified atom stereocenters. The molecule has 1 aliphatic heterocycles. The van der Waals surface area contributed by atoms with Gasteiger partial charge < -0.3 is 18.8 Å². The van der Waals surface area contributed by atoms with Crippen molar-refractivity contribution >= 4 is 23.6 Å². The van der Waals surface area contributed by atoms with Crippen molar-refractivity contribution in [3.8, 4) is 17.2 Å². The highest BCUT2D eigenvalue weighted by molar-refractivity contribution is 6.23. The molecular weight excluding hydrogens is 456 g/mol. The van der Waals surface area contributed by atoms with Crippen LogP contribution in [0.2, 0.25) is 0 Å². The van der Waals surface area contributed by atoms with Gasteiger partial charge in [-0.05, 0) is 81.8 Å². The fourth-order valence-corrected chi connectivity index (χ4v) is 4.59. The molecule has 0 saturated heterocycles. The largest absolute Gasteiger partial charge is 0.497 e. The Morgan fingerprint density at radius 1 is 0.944 bits per heavy atom. The zero-order chi connectivity index (χ0) is 26.0. The Morgan fingerprint density at radius 2 is 1.67 bits per heavy atom. The zero-order valence-corrected chi connectivity index (χ0v) is 21.4. The number of hydrogen-bond acceptors (Lipinski definition) is 5. The third-order valence-electron chi connectivity index (χ3n) is 6.28. The average Bonchev–Trinajstić information content (AvgIpc) is 3.30. The maximum absolute atomic E-state index is 13.7. The average molecular weight is 487 g/mol. The lowest BCUT2D eigenvalue weighted by molar-refractivity contribution is -0.136. The van der Waals surface area contributed by atoms with Crippen molar-refractivity contribution < 1.29 is 23.8 Å². The van der Waals surface area contributed by atoms with Crippen molar-refractivity contribution in [3.63, 3.8) is 0 Å². The number of carbonyl (C=O) groups is 2. The molecule has 7 nitrogen and oxygen atoms in total. The molecule has 0 atom stereocenters. The number of carbonyl (C=O) groups excluding carboxylic acids is 2. The lowest BCUT2D eigenvalue weighted by Gasteiger charge is -2.18. The zero-order valence-electron chi connectivity index (χ0n) is 21.4. The molecule has 0 bridgehead atoms. The Bertz CT molecular complexity index is 1380. The second-order valence-corrected chi connectivity index (χ2v) is 8.44. The van der Waals surface area contributed by atoms with Gasteiger partial charge in [0.1, 0.15) is 11.5 Å². The molecule has 0 radical (unpaired) electrons. The van der Waals surface area contributed by atoms with Crippen molar-refractivity contribution in [2.75, 3.05) is 25.7 Å². The van der Waals surface area contributed by atoms with Crippen LogP contribution in [-0.2, 0) is 14.3 Å². The van der Waals surface area contributed by atoms with Gasteiger partial charge in [0.2, 0.25) is 0 Å². The molecular formula is C29H30N2O5. The lowest BCUT2D eigenvalue weighted by Crippen LogP contribution is -2.24. The fourth-order valence-electron chi connectivity index (χ4n) is 4.59. The summed E-state index contributed by atoms with van der Waals surface area (Å²) in [7, 11) is 2.88. The van der Waals surface area contributed by atoms with Gasteiger partial charge in [0.25, 0.3) is 5.91 Å². The van der Waals surface area contributed by atoms with E-state index in [1.807, 2.05) is 51.1 Å². The monoisotopic (exact) mass is 486 g/mol.